The molecule has 2 rings (SSSR count). The second-order valence-electron chi connectivity index (χ2n) is 3.79. The molecule has 0 bridgehead atoms. The molecule has 17 heavy (non-hydrogen) atoms. The number of hydrogen-bond acceptors (Lipinski definition) is 4. The van der Waals surface area contributed by atoms with Gasteiger partial charge >= 0.3 is 5.97 Å². The number of rotatable bonds is 3. The highest BCUT2D eigenvalue weighted by molar-refractivity contribution is 5.86. The van der Waals surface area contributed by atoms with Gasteiger partial charge in [0.05, 0.1) is 6.54 Å². The maximum absolute atomic E-state index is 11.7. The maximum atomic E-state index is 11.7. The van der Waals surface area contributed by atoms with Gasteiger partial charge < -0.3 is 15.3 Å². The van der Waals surface area contributed by atoms with E-state index in [2.05, 4.69) is 10.3 Å². The number of nitrogens with one attached hydrogen (secondary N) is 1. The molecule has 1 saturated heterocycles. The summed E-state index contributed by atoms with van der Waals surface area (Å²) >= 11 is 0. The summed E-state index contributed by atoms with van der Waals surface area (Å²) in [5, 5.41) is 12.2. The van der Waals surface area contributed by atoms with Crippen molar-refractivity contribution in [3.63, 3.8) is 0 Å². The Balaban J connectivity index is 2.29. The monoisotopic (exact) mass is 235 g/mol. The zero-order valence-corrected chi connectivity index (χ0v) is 9.17. The zero-order chi connectivity index (χ0) is 12.3. The first-order valence-corrected chi connectivity index (χ1v) is 5.33. The average molecular weight is 235 g/mol. The largest absolute Gasteiger partial charge is 0.479 e. The summed E-state index contributed by atoms with van der Waals surface area (Å²) < 4.78 is 0. The molecule has 1 unspecified atom stereocenters. The molecule has 1 aliphatic rings. The van der Waals surface area contributed by atoms with E-state index in [1.165, 1.54) is 11.1 Å². The Morgan fingerprint density at radius 1 is 1.59 bits per heavy atom. The van der Waals surface area contributed by atoms with Crippen LogP contribution in [-0.4, -0.2) is 46.5 Å². The van der Waals surface area contributed by atoms with E-state index in [-0.39, 0.29) is 12.5 Å². The summed E-state index contributed by atoms with van der Waals surface area (Å²) in [5.74, 6) is -1.24. The molecule has 1 fully saturated rings. The molecule has 6 heteroatoms. The first-order chi connectivity index (χ1) is 8.20. The van der Waals surface area contributed by atoms with Crippen molar-refractivity contribution >= 4 is 11.9 Å². The molecule has 0 aromatic carbocycles. The van der Waals surface area contributed by atoms with Gasteiger partial charge in [-0.15, -0.1) is 0 Å². The molecule has 6 nitrogen and oxygen atoms in total. The summed E-state index contributed by atoms with van der Waals surface area (Å²) in [4.78, 5) is 28.3. The van der Waals surface area contributed by atoms with Crippen molar-refractivity contribution in [2.75, 3.05) is 19.6 Å². The van der Waals surface area contributed by atoms with Gasteiger partial charge in [0, 0.05) is 31.0 Å². The third kappa shape index (κ3) is 2.42. The van der Waals surface area contributed by atoms with E-state index < -0.39 is 12.0 Å². The van der Waals surface area contributed by atoms with Crippen LogP contribution in [0.15, 0.2) is 24.5 Å². The molecule has 1 amide bonds. The SMILES string of the molecule is O=C(O)C(c1cccnc1)N1CCNCC1=O. The van der Waals surface area contributed by atoms with E-state index in [1.807, 2.05) is 0 Å². The van der Waals surface area contributed by atoms with Crippen LogP contribution in [0, 0.1) is 0 Å². The van der Waals surface area contributed by atoms with Gasteiger partial charge in [-0.05, 0) is 6.07 Å². The lowest BCUT2D eigenvalue weighted by molar-refractivity contribution is -0.151. The van der Waals surface area contributed by atoms with Gasteiger partial charge in [0.15, 0.2) is 6.04 Å². The topological polar surface area (TPSA) is 82.5 Å². The van der Waals surface area contributed by atoms with E-state index in [0.717, 1.165) is 0 Å². The molecule has 90 valence electrons. The Kier molecular flexibility index (Phi) is 3.34. The second kappa shape index (κ2) is 4.92. The fourth-order valence-corrected chi connectivity index (χ4v) is 1.89. The second-order valence-corrected chi connectivity index (χ2v) is 3.79. The summed E-state index contributed by atoms with van der Waals surface area (Å²) in [6.45, 7) is 1.19. The lowest BCUT2D eigenvalue weighted by Gasteiger charge is -2.32. The molecule has 1 aliphatic heterocycles. The molecule has 0 spiro atoms. The Morgan fingerprint density at radius 2 is 2.41 bits per heavy atom. The molecule has 1 aromatic heterocycles. The highest BCUT2D eigenvalue weighted by Crippen LogP contribution is 2.20. The van der Waals surface area contributed by atoms with Gasteiger partial charge in [-0.3, -0.25) is 9.78 Å². The molecule has 0 saturated carbocycles. The normalized spacial score (nSPS) is 17.9. The number of nitrogens with zero attached hydrogens (tertiary/aromatic N) is 2. The Morgan fingerprint density at radius 3 is 3.00 bits per heavy atom. The molecule has 2 heterocycles. The average Bonchev–Trinajstić information content (AvgIpc) is 2.33. The maximum Gasteiger partial charge on any atom is 0.331 e. The van der Waals surface area contributed by atoms with Gasteiger partial charge in [0.1, 0.15) is 0 Å². The highest BCUT2D eigenvalue weighted by atomic mass is 16.4. The molecule has 2 N–H and O–H groups in total. The Hall–Kier alpha value is -1.95. The fourth-order valence-electron chi connectivity index (χ4n) is 1.89. The van der Waals surface area contributed by atoms with Crippen LogP contribution in [0.1, 0.15) is 11.6 Å². The standard InChI is InChI=1S/C11H13N3O3/c15-9-7-13-4-5-14(9)10(11(16)17)8-2-1-3-12-6-8/h1-3,6,10,13H,4-5,7H2,(H,16,17). The molecular formula is C11H13N3O3. The first-order valence-electron chi connectivity index (χ1n) is 5.33. The number of carboxylic acids is 1. The van der Waals surface area contributed by atoms with E-state index in [4.69, 9.17) is 0 Å². The van der Waals surface area contributed by atoms with Crippen LogP contribution in [0.25, 0.3) is 0 Å². The first kappa shape index (κ1) is 11.5. The number of carbonyl (C=O) groups is 2. The lowest BCUT2D eigenvalue weighted by Crippen LogP contribution is -2.51. The van der Waals surface area contributed by atoms with Crippen molar-refractivity contribution in [3.8, 4) is 0 Å². The van der Waals surface area contributed by atoms with E-state index in [1.54, 1.807) is 18.3 Å². The van der Waals surface area contributed by atoms with Crippen LogP contribution < -0.4 is 5.32 Å². The van der Waals surface area contributed by atoms with Crippen molar-refractivity contribution in [3.05, 3.63) is 30.1 Å². The molecule has 0 radical (unpaired) electrons. The van der Waals surface area contributed by atoms with Crippen LogP contribution >= 0.6 is 0 Å². The van der Waals surface area contributed by atoms with Gasteiger partial charge in [-0.2, -0.15) is 0 Å². The van der Waals surface area contributed by atoms with Crippen LogP contribution in [0.3, 0.4) is 0 Å². The highest BCUT2D eigenvalue weighted by Gasteiger charge is 2.32. The minimum atomic E-state index is -1.03. The van der Waals surface area contributed by atoms with Gasteiger partial charge in [-0.25, -0.2) is 4.79 Å². The summed E-state index contributed by atoms with van der Waals surface area (Å²) in [7, 11) is 0. The number of amides is 1. The molecule has 0 aliphatic carbocycles. The molecule has 1 atom stereocenters. The van der Waals surface area contributed by atoms with Crippen LogP contribution in [-0.2, 0) is 9.59 Å². The fraction of sp³-hybridized carbons (Fsp3) is 0.364. The summed E-state index contributed by atoms with van der Waals surface area (Å²) in [6, 6.07) is 2.39. The van der Waals surface area contributed by atoms with Crippen LogP contribution in [0.4, 0.5) is 0 Å². The van der Waals surface area contributed by atoms with Crippen molar-refractivity contribution in [1.82, 2.24) is 15.2 Å². The number of hydrogen-bond donors (Lipinski definition) is 2. The van der Waals surface area contributed by atoms with Gasteiger partial charge in [-0.1, -0.05) is 6.07 Å². The number of carboxylic acid groups (broad SMARTS) is 1. The predicted molar refractivity (Wildman–Crippen MR) is 59.2 cm³/mol. The van der Waals surface area contributed by atoms with Crippen molar-refractivity contribution in [1.29, 1.82) is 0 Å². The molecule has 1 aromatic rings. The number of piperazine rings is 1. The third-order valence-corrected chi connectivity index (χ3v) is 2.67. The van der Waals surface area contributed by atoms with Crippen molar-refractivity contribution < 1.29 is 14.7 Å². The quantitative estimate of drug-likeness (QED) is 0.747. The third-order valence-electron chi connectivity index (χ3n) is 2.67. The van der Waals surface area contributed by atoms with Gasteiger partial charge in [0.25, 0.3) is 0 Å². The lowest BCUT2D eigenvalue weighted by atomic mass is 10.1. The minimum absolute atomic E-state index is 0.185. The van der Waals surface area contributed by atoms with Crippen molar-refractivity contribution in [2.24, 2.45) is 0 Å². The minimum Gasteiger partial charge on any atom is -0.479 e. The van der Waals surface area contributed by atoms with E-state index in [9.17, 15) is 14.7 Å². The predicted octanol–water partition coefficient (Wildman–Crippen LogP) is -0.361. The van der Waals surface area contributed by atoms with E-state index >= 15 is 0 Å². The number of carbonyl (C=O) groups excluding carboxylic acids is 1. The van der Waals surface area contributed by atoms with Crippen LogP contribution in [0.2, 0.25) is 0 Å². The molecular weight excluding hydrogens is 222 g/mol. The van der Waals surface area contributed by atoms with Crippen LogP contribution in [0.5, 0.6) is 0 Å². The Bertz CT molecular complexity index is 421. The zero-order valence-electron chi connectivity index (χ0n) is 9.17. The summed E-state index contributed by atoms with van der Waals surface area (Å²) in [5.41, 5.74) is 0.523. The number of pyridine rings is 1. The Labute approximate surface area is 98.3 Å². The summed E-state index contributed by atoms with van der Waals surface area (Å²) in [6.07, 6.45) is 3.05. The number of aliphatic carboxylic acids is 1. The number of aromatic nitrogens is 1. The van der Waals surface area contributed by atoms with E-state index in [0.29, 0.717) is 18.7 Å². The van der Waals surface area contributed by atoms with Gasteiger partial charge in [0.2, 0.25) is 5.91 Å². The smallest absolute Gasteiger partial charge is 0.331 e. The van der Waals surface area contributed by atoms with Crippen molar-refractivity contribution in [2.45, 2.75) is 6.04 Å².